The molecule has 1 unspecified atom stereocenters. The molecule has 1 N–H and O–H groups in total. The van der Waals surface area contributed by atoms with Crippen LogP contribution >= 0.6 is 0 Å². The third kappa shape index (κ3) is 2.89. The lowest BCUT2D eigenvalue weighted by Crippen LogP contribution is -2.30. The zero-order valence-electron chi connectivity index (χ0n) is 12.3. The summed E-state index contributed by atoms with van der Waals surface area (Å²) < 4.78 is 31.7. The molecule has 1 saturated heterocycles. The number of methoxy groups -OCH3 is 1. The van der Waals surface area contributed by atoms with Crippen molar-refractivity contribution in [3.8, 4) is 5.75 Å². The van der Waals surface area contributed by atoms with Gasteiger partial charge in [-0.3, -0.25) is 4.79 Å². The van der Waals surface area contributed by atoms with Crippen LogP contribution in [-0.2, 0) is 14.8 Å². The van der Waals surface area contributed by atoms with E-state index in [1.54, 1.807) is 33.1 Å². The first-order chi connectivity index (χ1) is 9.77. The standard InChI is InChI=1S/C14H19NO5S/c1-9-6-12(7-10(2)13(9)20-3)21(18,19)15-5-4-11(8-15)14(16)17/h6-7,11H,4-5,8H2,1-3H3,(H,16,17). The van der Waals surface area contributed by atoms with Gasteiger partial charge in [-0.05, 0) is 43.5 Å². The average molecular weight is 313 g/mol. The number of nitrogens with zero attached hydrogens (tertiary/aromatic N) is 1. The number of sulfonamides is 1. The molecule has 0 amide bonds. The van der Waals surface area contributed by atoms with Gasteiger partial charge in [0.2, 0.25) is 10.0 Å². The number of carboxylic acids is 1. The monoisotopic (exact) mass is 313 g/mol. The summed E-state index contributed by atoms with van der Waals surface area (Å²) in [5.41, 5.74) is 1.48. The van der Waals surface area contributed by atoms with Crippen molar-refractivity contribution in [2.24, 2.45) is 5.92 Å². The topological polar surface area (TPSA) is 83.9 Å². The van der Waals surface area contributed by atoms with E-state index in [-0.39, 0.29) is 18.0 Å². The van der Waals surface area contributed by atoms with Crippen LogP contribution in [-0.4, -0.2) is 44.0 Å². The maximum absolute atomic E-state index is 12.6. The fourth-order valence-electron chi connectivity index (χ4n) is 2.68. The second kappa shape index (κ2) is 5.65. The number of carboxylic acid groups (broad SMARTS) is 1. The van der Waals surface area contributed by atoms with Gasteiger partial charge < -0.3 is 9.84 Å². The highest BCUT2D eigenvalue weighted by Crippen LogP contribution is 2.30. The van der Waals surface area contributed by atoms with Crippen LogP contribution in [0.1, 0.15) is 17.5 Å². The molecular formula is C14H19NO5S. The van der Waals surface area contributed by atoms with Crippen molar-refractivity contribution in [1.82, 2.24) is 4.31 Å². The summed E-state index contributed by atoms with van der Waals surface area (Å²) in [5.74, 6) is -0.909. The molecule has 1 aromatic rings. The molecule has 0 radical (unpaired) electrons. The number of hydrogen-bond donors (Lipinski definition) is 1. The van der Waals surface area contributed by atoms with Gasteiger partial charge in [-0.2, -0.15) is 4.31 Å². The number of hydrogen-bond acceptors (Lipinski definition) is 4. The summed E-state index contributed by atoms with van der Waals surface area (Å²) >= 11 is 0. The van der Waals surface area contributed by atoms with Crippen molar-refractivity contribution in [2.75, 3.05) is 20.2 Å². The Labute approximate surface area is 124 Å². The van der Waals surface area contributed by atoms with Crippen LogP contribution in [0, 0.1) is 19.8 Å². The zero-order chi connectivity index (χ0) is 15.8. The predicted octanol–water partition coefficient (Wildman–Crippen LogP) is 1.41. The van der Waals surface area contributed by atoms with E-state index in [1.807, 2.05) is 0 Å². The molecule has 0 aromatic heterocycles. The Morgan fingerprint density at radius 2 is 1.90 bits per heavy atom. The van der Waals surface area contributed by atoms with Gasteiger partial charge in [0.05, 0.1) is 17.9 Å². The van der Waals surface area contributed by atoms with E-state index < -0.39 is 21.9 Å². The van der Waals surface area contributed by atoms with Crippen LogP contribution in [0.4, 0.5) is 0 Å². The van der Waals surface area contributed by atoms with Gasteiger partial charge in [-0.25, -0.2) is 8.42 Å². The number of ether oxygens (including phenoxy) is 1. The van der Waals surface area contributed by atoms with Gasteiger partial charge >= 0.3 is 5.97 Å². The van der Waals surface area contributed by atoms with Crippen molar-refractivity contribution in [1.29, 1.82) is 0 Å². The van der Waals surface area contributed by atoms with Crippen molar-refractivity contribution in [2.45, 2.75) is 25.2 Å². The Bertz CT molecular complexity index is 645. The molecule has 0 saturated carbocycles. The van der Waals surface area contributed by atoms with Crippen molar-refractivity contribution in [3.05, 3.63) is 23.3 Å². The first-order valence-corrected chi connectivity index (χ1v) is 8.09. The summed E-state index contributed by atoms with van der Waals surface area (Å²) in [7, 11) is -2.12. The summed E-state index contributed by atoms with van der Waals surface area (Å²) in [5, 5.41) is 8.99. The largest absolute Gasteiger partial charge is 0.496 e. The molecule has 1 fully saturated rings. The maximum atomic E-state index is 12.6. The zero-order valence-corrected chi connectivity index (χ0v) is 13.1. The maximum Gasteiger partial charge on any atom is 0.307 e. The summed E-state index contributed by atoms with van der Waals surface area (Å²) in [6, 6.07) is 3.13. The average Bonchev–Trinajstić information content (AvgIpc) is 2.88. The second-order valence-electron chi connectivity index (χ2n) is 5.28. The van der Waals surface area contributed by atoms with Gasteiger partial charge in [0, 0.05) is 13.1 Å². The first kappa shape index (κ1) is 15.8. The van der Waals surface area contributed by atoms with Crippen LogP contribution in [0.5, 0.6) is 5.75 Å². The lowest BCUT2D eigenvalue weighted by Gasteiger charge is -2.18. The van der Waals surface area contributed by atoms with Gasteiger partial charge in [0.25, 0.3) is 0 Å². The Kier molecular flexibility index (Phi) is 4.25. The van der Waals surface area contributed by atoms with Crippen molar-refractivity contribution in [3.63, 3.8) is 0 Å². The molecule has 1 heterocycles. The Balaban J connectivity index is 2.35. The molecule has 1 aliphatic heterocycles. The molecule has 1 atom stereocenters. The number of aryl methyl sites for hydroxylation is 2. The minimum Gasteiger partial charge on any atom is -0.496 e. The van der Waals surface area contributed by atoms with Gasteiger partial charge in [0.1, 0.15) is 5.75 Å². The Morgan fingerprint density at radius 1 is 1.33 bits per heavy atom. The highest BCUT2D eigenvalue weighted by molar-refractivity contribution is 7.89. The molecule has 6 nitrogen and oxygen atoms in total. The SMILES string of the molecule is COc1c(C)cc(S(=O)(=O)N2CCC(C(=O)O)C2)cc1C. The third-order valence-electron chi connectivity index (χ3n) is 3.78. The number of benzene rings is 1. The first-order valence-electron chi connectivity index (χ1n) is 6.65. The Morgan fingerprint density at radius 3 is 2.33 bits per heavy atom. The van der Waals surface area contributed by atoms with Crippen LogP contribution in [0.25, 0.3) is 0 Å². The molecule has 21 heavy (non-hydrogen) atoms. The smallest absolute Gasteiger partial charge is 0.307 e. The van der Waals surface area contributed by atoms with Crippen LogP contribution < -0.4 is 4.74 Å². The lowest BCUT2D eigenvalue weighted by molar-refractivity contribution is -0.141. The second-order valence-corrected chi connectivity index (χ2v) is 7.22. The van der Waals surface area contributed by atoms with E-state index in [4.69, 9.17) is 9.84 Å². The van der Waals surface area contributed by atoms with E-state index in [0.717, 1.165) is 11.1 Å². The van der Waals surface area contributed by atoms with Crippen LogP contribution in [0.2, 0.25) is 0 Å². The van der Waals surface area contributed by atoms with Crippen molar-refractivity contribution >= 4 is 16.0 Å². The van der Waals surface area contributed by atoms with Gasteiger partial charge in [-0.15, -0.1) is 0 Å². The third-order valence-corrected chi connectivity index (χ3v) is 5.62. The quantitative estimate of drug-likeness (QED) is 0.908. The molecule has 1 aliphatic rings. The highest BCUT2D eigenvalue weighted by Gasteiger charge is 2.36. The predicted molar refractivity (Wildman–Crippen MR) is 77.0 cm³/mol. The lowest BCUT2D eigenvalue weighted by atomic mass is 10.1. The summed E-state index contributed by atoms with van der Waals surface area (Å²) in [6.07, 6.45) is 0.350. The molecule has 2 rings (SSSR count). The molecule has 0 aliphatic carbocycles. The molecule has 0 bridgehead atoms. The molecule has 116 valence electrons. The van der Waals surface area contributed by atoms with E-state index in [2.05, 4.69) is 0 Å². The van der Waals surface area contributed by atoms with E-state index in [9.17, 15) is 13.2 Å². The van der Waals surface area contributed by atoms with Crippen molar-refractivity contribution < 1.29 is 23.1 Å². The molecular weight excluding hydrogens is 294 g/mol. The number of aliphatic carboxylic acids is 1. The summed E-state index contributed by atoms with van der Waals surface area (Å²) in [4.78, 5) is 11.1. The van der Waals surface area contributed by atoms with Crippen LogP contribution in [0.15, 0.2) is 17.0 Å². The van der Waals surface area contributed by atoms with E-state index in [0.29, 0.717) is 12.2 Å². The molecule has 7 heteroatoms. The fraction of sp³-hybridized carbons (Fsp3) is 0.500. The summed E-state index contributed by atoms with van der Waals surface area (Å²) in [6.45, 7) is 3.84. The van der Waals surface area contributed by atoms with Crippen LogP contribution in [0.3, 0.4) is 0 Å². The van der Waals surface area contributed by atoms with Gasteiger partial charge in [-0.1, -0.05) is 0 Å². The Hall–Kier alpha value is -1.60. The number of rotatable bonds is 4. The fourth-order valence-corrected chi connectivity index (χ4v) is 4.35. The molecule has 1 aromatic carbocycles. The minimum atomic E-state index is -3.66. The van der Waals surface area contributed by atoms with Gasteiger partial charge in [0.15, 0.2) is 0 Å². The highest BCUT2D eigenvalue weighted by atomic mass is 32.2. The van der Waals surface area contributed by atoms with E-state index >= 15 is 0 Å². The normalized spacial score (nSPS) is 19.7. The van der Waals surface area contributed by atoms with E-state index in [1.165, 1.54) is 4.31 Å². The molecule has 0 spiro atoms. The minimum absolute atomic E-state index is 0.0296. The number of carbonyl (C=O) groups is 1.